The summed E-state index contributed by atoms with van der Waals surface area (Å²) in [6.07, 6.45) is 5.57. The van der Waals surface area contributed by atoms with Gasteiger partial charge in [-0.25, -0.2) is 14.8 Å². The number of nitrogens with zero attached hydrogens (tertiary/aromatic N) is 4. The van der Waals surface area contributed by atoms with Gasteiger partial charge in [-0.3, -0.25) is 0 Å². The zero-order valence-electron chi connectivity index (χ0n) is 19.2. The number of carboxylic acid groups (broad SMARTS) is 1. The van der Waals surface area contributed by atoms with Gasteiger partial charge in [-0.1, -0.05) is 12.1 Å². The minimum Gasteiger partial charge on any atom is -0.481 e. The minimum absolute atomic E-state index is 0.219. The number of aryl methyl sites for hydroxylation is 2. The lowest BCUT2D eigenvalue weighted by Gasteiger charge is -2.16. The Labute approximate surface area is 197 Å². The van der Waals surface area contributed by atoms with E-state index in [1.807, 2.05) is 50.2 Å². The SMILES string of the molecule is COc1ncccc1-c1c(C)nn(-c2ncccc2C)c1Nc1ccc(C2CC2)cc1C(=O)O. The Morgan fingerprint density at radius 3 is 2.59 bits per heavy atom. The number of hydrogen-bond donors (Lipinski definition) is 2. The number of nitrogens with one attached hydrogen (secondary N) is 1. The van der Waals surface area contributed by atoms with Crippen molar-refractivity contribution >= 4 is 17.5 Å². The third-order valence-corrected chi connectivity index (χ3v) is 6.05. The molecule has 34 heavy (non-hydrogen) atoms. The van der Waals surface area contributed by atoms with E-state index in [-0.39, 0.29) is 5.56 Å². The molecular formula is C26H25N5O3. The molecule has 0 spiro atoms. The number of carboxylic acids is 1. The van der Waals surface area contributed by atoms with E-state index >= 15 is 0 Å². The van der Waals surface area contributed by atoms with Crippen molar-refractivity contribution in [3.05, 3.63) is 77.2 Å². The molecule has 1 aliphatic carbocycles. The first-order valence-corrected chi connectivity index (χ1v) is 11.1. The highest BCUT2D eigenvalue weighted by atomic mass is 16.5. The minimum atomic E-state index is -0.984. The predicted octanol–water partition coefficient (Wildman–Crippen LogP) is 5.27. The van der Waals surface area contributed by atoms with Crippen molar-refractivity contribution in [2.45, 2.75) is 32.6 Å². The second kappa shape index (κ2) is 8.62. The fourth-order valence-electron chi connectivity index (χ4n) is 4.21. The van der Waals surface area contributed by atoms with Crippen LogP contribution in [0, 0.1) is 13.8 Å². The van der Waals surface area contributed by atoms with E-state index in [0.29, 0.717) is 29.1 Å². The highest BCUT2D eigenvalue weighted by Crippen LogP contribution is 2.43. The van der Waals surface area contributed by atoms with Gasteiger partial charge >= 0.3 is 5.97 Å². The number of ether oxygens (including phenoxy) is 1. The van der Waals surface area contributed by atoms with Crippen molar-refractivity contribution in [2.75, 3.05) is 12.4 Å². The molecule has 5 rings (SSSR count). The fraction of sp³-hybridized carbons (Fsp3) is 0.231. The summed E-state index contributed by atoms with van der Waals surface area (Å²) in [5.74, 6) is 1.16. The third kappa shape index (κ3) is 3.87. The van der Waals surface area contributed by atoms with E-state index in [1.54, 1.807) is 30.3 Å². The van der Waals surface area contributed by atoms with Crippen LogP contribution in [0.1, 0.15) is 45.9 Å². The van der Waals surface area contributed by atoms with Gasteiger partial charge in [0.15, 0.2) is 5.82 Å². The van der Waals surface area contributed by atoms with Crippen molar-refractivity contribution in [1.29, 1.82) is 0 Å². The maximum atomic E-state index is 12.2. The molecule has 2 N–H and O–H groups in total. The van der Waals surface area contributed by atoms with Crippen molar-refractivity contribution in [1.82, 2.24) is 19.7 Å². The molecular weight excluding hydrogens is 430 g/mol. The summed E-state index contributed by atoms with van der Waals surface area (Å²) in [6, 6.07) is 13.2. The number of benzene rings is 1. The monoisotopic (exact) mass is 455 g/mol. The molecule has 3 heterocycles. The van der Waals surface area contributed by atoms with E-state index < -0.39 is 5.97 Å². The van der Waals surface area contributed by atoms with Crippen LogP contribution in [-0.2, 0) is 0 Å². The fourth-order valence-corrected chi connectivity index (χ4v) is 4.21. The summed E-state index contributed by atoms with van der Waals surface area (Å²) in [6.45, 7) is 3.86. The van der Waals surface area contributed by atoms with E-state index in [4.69, 9.17) is 9.84 Å². The van der Waals surface area contributed by atoms with Gasteiger partial charge < -0.3 is 15.2 Å². The van der Waals surface area contributed by atoms with E-state index in [0.717, 1.165) is 40.8 Å². The normalized spacial score (nSPS) is 13.0. The number of rotatable bonds is 7. The molecule has 0 atom stereocenters. The zero-order chi connectivity index (χ0) is 23.8. The molecule has 0 aliphatic heterocycles. The van der Waals surface area contributed by atoms with Gasteiger partial charge in [0.05, 0.1) is 29.6 Å². The molecule has 0 saturated heterocycles. The molecule has 8 heteroatoms. The molecule has 0 unspecified atom stereocenters. The first-order chi connectivity index (χ1) is 16.5. The number of pyridine rings is 2. The highest BCUT2D eigenvalue weighted by molar-refractivity contribution is 5.96. The second-order valence-corrected chi connectivity index (χ2v) is 8.43. The summed E-state index contributed by atoms with van der Waals surface area (Å²) in [7, 11) is 1.57. The van der Waals surface area contributed by atoms with Crippen LogP contribution in [0.3, 0.4) is 0 Å². The molecule has 1 fully saturated rings. The van der Waals surface area contributed by atoms with Crippen molar-refractivity contribution in [3.8, 4) is 22.8 Å². The molecule has 1 aromatic carbocycles. The standard InChI is InChI=1S/C26H25N5O3/c1-15-6-4-12-27-23(15)31-24(22(16(2)30-31)19-7-5-13-28-25(19)34-3)29-21-11-10-18(17-8-9-17)14-20(21)26(32)33/h4-7,10-14,17,29H,8-9H2,1-3H3,(H,32,33). The van der Waals surface area contributed by atoms with Crippen molar-refractivity contribution in [2.24, 2.45) is 0 Å². The molecule has 8 nitrogen and oxygen atoms in total. The van der Waals surface area contributed by atoms with Crippen LogP contribution in [0.25, 0.3) is 16.9 Å². The largest absolute Gasteiger partial charge is 0.481 e. The number of methoxy groups -OCH3 is 1. The average molecular weight is 456 g/mol. The summed E-state index contributed by atoms with van der Waals surface area (Å²) < 4.78 is 7.24. The maximum Gasteiger partial charge on any atom is 0.337 e. The second-order valence-electron chi connectivity index (χ2n) is 8.43. The van der Waals surface area contributed by atoms with Crippen molar-refractivity contribution < 1.29 is 14.6 Å². The molecule has 1 aliphatic rings. The number of aromatic carboxylic acids is 1. The molecule has 0 amide bonds. The number of hydrogen-bond acceptors (Lipinski definition) is 6. The van der Waals surface area contributed by atoms with Gasteiger partial charge in [0.2, 0.25) is 5.88 Å². The maximum absolute atomic E-state index is 12.2. The summed E-state index contributed by atoms with van der Waals surface area (Å²) in [5.41, 5.74) is 4.93. The van der Waals surface area contributed by atoms with Gasteiger partial charge in [-0.2, -0.15) is 9.78 Å². The first kappa shape index (κ1) is 21.6. The van der Waals surface area contributed by atoms with E-state index in [9.17, 15) is 9.90 Å². The quantitative estimate of drug-likeness (QED) is 0.391. The van der Waals surface area contributed by atoms with E-state index in [1.165, 1.54) is 0 Å². The molecule has 3 aromatic heterocycles. The number of anilines is 2. The summed E-state index contributed by atoms with van der Waals surface area (Å²) >= 11 is 0. The van der Waals surface area contributed by atoms with Crippen molar-refractivity contribution in [3.63, 3.8) is 0 Å². The molecule has 4 aromatic rings. The lowest BCUT2D eigenvalue weighted by Crippen LogP contribution is -2.09. The van der Waals surface area contributed by atoms with Crippen LogP contribution in [0.2, 0.25) is 0 Å². The van der Waals surface area contributed by atoms with Gasteiger partial charge in [-0.15, -0.1) is 0 Å². The lowest BCUT2D eigenvalue weighted by molar-refractivity contribution is 0.0698. The average Bonchev–Trinajstić information content (AvgIpc) is 3.64. The Balaban J connectivity index is 1.72. The topological polar surface area (TPSA) is 102 Å². The van der Waals surface area contributed by atoms with Crippen LogP contribution < -0.4 is 10.1 Å². The van der Waals surface area contributed by atoms with Crippen LogP contribution in [0.5, 0.6) is 5.88 Å². The van der Waals surface area contributed by atoms with Gasteiger partial charge in [-0.05, 0) is 74.1 Å². The number of carbonyl (C=O) groups is 1. The number of aromatic nitrogens is 4. The Morgan fingerprint density at radius 1 is 1.12 bits per heavy atom. The Morgan fingerprint density at radius 2 is 1.88 bits per heavy atom. The smallest absolute Gasteiger partial charge is 0.337 e. The Bertz CT molecular complexity index is 1390. The lowest BCUT2D eigenvalue weighted by atomic mass is 10.0. The summed E-state index contributed by atoms with van der Waals surface area (Å²) in [4.78, 5) is 21.1. The zero-order valence-corrected chi connectivity index (χ0v) is 19.2. The molecule has 1 saturated carbocycles. The van der Waals surface area contributed by atoms with Crippen LogP contribution in [-0.4, -0.2) is 37.9 Å². The van der Waals surface area contributed by atoms with Crippen LogP contribution in [0.15, 0.2) is 54.9 Å². The summed E-state index contributed by atoms with van der Waals surface area (Å²) in [5, 5.41) is 18.1. The highest BCUT2D eigenvalue weighted by Gasteiger charge is 2.27. The molecule has 0 bridgehead atoms. The third-order valence-electron chi connectivity index (χ3n) is 6.05. The molecule has 0 radical (unpaired) electrons. The van der Waals surface area contributed by atoms with Gasteiger partial charge in [0.1, 0.15) is 5.82 Å². The Kier molecular flexibility index (Phi) is 5.49. The predicted molar refractivity (Wildman–Crippen MR) is 129 cm³/mol. The Hall–Kier alpha value is -4.20. The molecule has 172 valence electrons. The van der Waals surface area contributed by atoms with Crippen LogP contribution >= 0.6 is 0 Å². The van der Waals surface area contributed by atoms with Gasteiger partial charge in [0.25, 0.3) is 0 Å². The van der Waals surface area contributed by atoms with E-state index in [2.05, 4.69) is 15.3 Å². The van der Waals surface area contributed by atoms with Crippen LogP contribution in [0.4, 0.5) is 11.5 Å². The van der Waals surface area contributed by atoms with Gasteiger partial charge in [0, 0.05) is 18.0 Å². The first-order valence-electron chi connectivity index (χ1n) is 11.1.